The van der Waals surface area contributed by atoms with Crippen LogP contribution in [0.15, 0.2) is 36.4 Å². The van der Waals surface area contributed by atoms with E-state index in [2.05, 4.69) is 0 Å². The van der Waals surface area contributed by atoms with Crippen LogP contribution in [0.25, 0.3) is 0 Å². The van der Waals surface area contributed by atoms with Crippen molar-refractivity contribution in [2.24, 2.45) is 5.73 Å². The van der Waals surface area contributed by atoms with E-state index in [1.807, 2.05) is 0 Å². The predicted molar refractivity (Wildman–Crippen MR) is 78.2 cm³/mol. The molecule has 2 N–H and O–H groups in total. The van der Waals surface area contributed by atoms with E-state index in [9.17, 15) is 8.78 Å². The number of halogens is 4. The zero-order valence-electron chi connectivity index (χ0n) is 10.5. The minimum absolute atomic E-state index is 0.00171. The highest BCUT2D eigenvalue weighted by Crippen LogP contribution is 2.26. The van der Waals surface area contributed by atoms with E-state index in [-0.39, 0.29) is 12.0 Å². The summed E-state index contributed by atoms with van der Waals surface area (Å²) in [5.41, 5.74) is 6.72. The van der Waals surface area contributed by atoms with Crippen molar-refractivity contribution in [2.75, 3.05) is 0 Å². The van der Waals surface area contributed by atoms with Gasteiger partial charge < -0.3 is 5.73 Å². The van der Waals surface area contributed by atoms with Gasteiger partial charge in [0.05, 0.1) is 10.0 Å². The van der Waals surface area contributed by atoms with Crippen molar-refractivity contribution in [3.63, 3.8) is 0 Å². The van der Waals surface area contributed by atoms with Crippen LogP contribution in [0, 0.1) is 11.6 Å². The Morgan fingerprint density at radius 2 is 1.55 bits per heavy atom. The lowest BCUT2D eigenvalue weighted by molar-refractivity contribution is 0.533. The summed E-state index contributed by atoms with van der Waals surface area (Å²) in [4.78, 5) is 0. The first kappa shape index (κ1) is 15.2. The summed E-state index contributed by atoms with van der Waals surface area (Å²) >= 11 is 12.0. The van der Waals surface area contributed by atoms with Crippen LogP contribution < -0.4 is 5.73 Å². The van der Waals surface area contributed by atoms with Crippen LogP contribution in [0.1, 0.15) is 11.1 Å². The lowest BCUT2D eigenvalue weighted by Crippen LogP contribution is -2.26. The van der Waals surface area contributed by atoms with E-state index >= 15 is 0 Å². The predicted octanol–water partition coefficient (Wildman–Crippen LogP) is 4.38. The molecule has 2 aromatic rings. The second-order valence-electron chi connectivity index (χ2n) is 4.58. The third-order valence-electron chi connectivity index (χ3n) is 3.04. The molecule has 2 rings (SSSR count). The van der Waals surface area contributed by atoms with Gasteiger partial charge in [-0.05, 0) is 36.6 Å². The van der Waals surface area contributed by atoms with Crippen LogP contribution in [0.5, 0.6) is 0 Å². The molecule has 0 aliphatic heterocycles. The number of hydrogen-bond acceptors (Lipinski definition) is 1. The van der Waals surface area contributed by atoms with Crippen molar-refractivity contribution in [1.29, 1.82) is 0 Å². The fraction of sp³-hybridized carbons (Fsp3) is 0.200. The molecule has 1 nitrogen and oxygen atoms in total. The number of benzene rings is 2. The summed E-state index contributed by atoms with van der Waals surface area (Å²) in [5, 5.41) is 0.868. The van der Waals surface area contributed by atoms with E-state index in [1.54, 1.807) is 18.2 Å². The molecule has 5 heteroatoms. The van der Waals surface area contributed by atoms with E-state index < -0.39 is 17.7 Å². The second-order valence-corrected chi connectivity index (χ2v) is 5.37. The Morgan fingerprint density at radius 1 is 0.950 bits per heavy atom. The Morgan fingerprint density at radius 3 is 2.20 bits per heavy atom. The normalized spacial score (nSPS) is 12.4. The van der Waals surface area contributed by atoms with E-state index in [4.69, 9.17) is 28.9 Å². The SMILES string of the molecule is NC(Cc1cccc(Cl)c1Cl)Cc1c(F)cccc1F. The molecular weight excluding hydrogens is 303 g/mol. The summed E-state index contributed by atoms with van der Waals surface area (Å²) < 4.78 is 27.1. The summed E-state index contributed by atoms with van der Waals surface area (Å²) in [6, 6.07) is 8.56. The van der Waals surface area contributed by atoms with Gasteiger partial charge in [-0.15, -0.1) is 0 Å². The van der Waals surface area contributed by atoms with Gasteiger partial charge in [0.25, 0.3) is 0 Å². The zero-order valence-corrected chi connectivity index (χ0v) is 12.1. The maximum absolute atomic E-state index is 13.6. The van der Waals surface area contributed by atoms with E-state index in [0.29, 0.717) is 16.5 Å². The van der Waals surface area contributed by atoms with Crippen molar-refractivity contribution in [3.05, 3.63) is 69.2 Å². The maximum Gasteiger partial charge on any atom is 0.129 e. The summed E-state index contributed by atoms with van der Waals surface area (Å²) in [6.45, 7) is 0. The first-order valence-electron chi connectivity index (χ1n) is 6.10. The molecule has 0 amide bonds. The molecule has 0 spiro atoms. The highest BCUT2D eigenvalue weighted by atomic mass is 35.5. The fourth-order valence-electron chi connectivity index (χ4n) is 2.05. The Hall–Kier alpha value is -1.16. The minimum Gasteiger partial charge on any atom is -0.327 e. The number of hydrogen-bond donors (Lipinski definition) is 1. The van der Waals surface area contributed by atoms with Crippen LogP contribution in [-0.4, -0.2) is 6.04 Å². The van der Waals surface area contributed by atoms with Crippen molar-refractivity contribution < 1.29 is 8.78 Å². The zero-order chi connectivity index (χ0) is 14.7. The number of rotatable bonds is 4. The Labute approximate surface area is 126 Å². The van der Waals surface area contributed by atoms with Crippen LogP contribution >= 0.6 is 23.2 Å². The Balaban J connectivity index is 2.13. The minimum atomic E-state index is -0.586. The lowest BCUT2D eigenvalue weighted by atomic mass is 9.99. The molecule has 1 atom stereocenters. The largest absolute Gasteiger partial charge is 0.327 e. The quantitative estimate of drug-likeness (QED) is 0.890. The van der Waals surface area contributed by atoms with Crippen LogP contribution in [0.2, 0.25) is 10.0 Å². The molecule has 106 valence electrons. The van der Waals surface area contributed by atoms with Crippen molar-refractivity contribution in [2.45, 2.75) is 18.9 Å². The van der Waals surface area contributed by atoms with Gasteiger partial charge in [-0.1, -0.05) is 41.4 Å². The first-order chi connectivity index (χ1) is 9.49. The van der Waals surface area contributed by atoms with Crippen molar-refractivity contribution in [3.8, 4) is 0 Å². The average molecular weight is 316 g/mol. The monoisotopic (exact) mass is 315 g/mol. The lowest BCUT2D eigenvalue weighted by Gasteiger charge is -2.14. The van der Waals surface area contributed by atoms with Gasteiger partial charge in [0.15, 0.2) is 0 Å². The highest BCUT2D eigenvalue weighted by molar-refractivity contribution is 6.42. The summed E-state index contributed by atoms with van der Waals surface area (Å²) in [6.07, 6.45) is 0.495. The first-order valence-corrected chi connectivity index (χ1v) is 6.86. The average Bonchev–Trinajstić information content (AvgIpc) is 2.39. The van der Waals surface area contributed by atoms with Crippen molar-refractivity contribution >= 4 is 23.2 Å². The van der Waals surface area contributed by atoms with Gasteiger partial charge in [0, 0.05) is 11.6 Å². The molecule has 1 unspecified atom stereocenters. The number of nitrogens with two attached hydrogens (primary N) is 1. The summed E-state index contributed by atoms with van der Waals surface area (Å²) in [5.74, 6) is -1.17. The summed E-state index contributed by atoms with van der Waals surface area (Å²) in [7, 11) is 0. The third-order valence-corrected chi connectivity index (χ3v) is 3.90. The third kappa shape index (κ3) is 3.48. The van der Waals surface area contributed by atoms with Crippen molar-refractivity contribution in [1.82, 2.24) is 0 Å². The molecule has 2 aromatic carbocycles. The standard InChI is InChI=1S/C15H13Cl2F2N/c16-12-4-1-3-9(15(12)17)7-10(20)8-11-13(18)5-2-6-14(11)19/h1-6,10H,7-8,20H2. The molecular formula is C15H13Cl2F2N. The van der Waals surface area contributed by atoms with Gasteiger partial charge in [-0.3, -0.25) is 0 Å². The molecule has 0 bridgehead atoms. The fourth-order valence-corrected chi connectivity index (χ4v) is 2.45. The smallest absolute Gasteiger partial charge is 0.129 e. The van der Waals surface area contributed by atoms with E-state index in [0.717, 1.165) is 5.56 Å². The van der Waals surface area contributed by atoms with Gasteiger partial charge in [-0.25, -0.2) is 8.78 Å². The van der Waals surface area contributed by atoms with Gasteiger partial charge in [0.1, 0.15) is 11.6 Å². The Bertz CT molecular complexity index is 597. The molecule has 0 radical (unpaired) electrons. The second kappa shape index (κ2) is 6.53. The molecule has 0 aliphatic carbocycles. The van der Waals surface area contributed by atoms with Gasteiger partial charge >= 0.3 is 0 Å². The van der Waals surface area contributed by atoms with Crippen LogP contribution in [0.3, 0.4) is 0 Å². The van der Waals surface area contributed by atoms with Gasteiger partial charge in [-0.2, -0.15) is 0 Å². The Kier molecular flexibility index (Phi) is 4.97. The molecule has 0 saturated carbocycles. The molecule has 0 aliphatic rings. The van der Waals surface area contributed by atoms with Crippen LogP contribution in [-0.2, 0) is 12.8 Å². The molecule has 0 heterocycles. The maximum atomic E-state index is 13.6. The topological polar surface area (TPSA) is 26.0 Å². The molecule has 0 aromatic heterocycles. The molecule has 20 heavy (non-hydrogen) atoms. The van der Waals surface area contributed by atoms with Crippen LogP contribution in [0.4, 0.5) is 8.78 Å². The highest BCUT2D eigenvalue weighted by Gasteiger charge is 2.15. The molecule has 0 saturated heterocycles. The molecule has 0 fully saturated rings. The van der Waals surface area contributed by atoms with Gasteiger partial charge in [0.2, 0.25) is 0 Å². The van der Waals surface area contributed by atoms with E-state index in [1.165, 1.54) is 18.2 Å².